The van der Waals surface area contributed by atoms with E-state index >= 15 is 0 Å². The van der Waals surface area contributed by atoms with Gasteiger partial charge in [0.1, 0.15) is 6.10 Å². The molecule has 5 saturated carbocycles. The largest absolute Gasteiger partial charge is 0.458 e. The van der Waals surface area contributed by atoms with E-state index in [1.807, 2.05) is 19.9 Å². The van der Waals surface area contributed by atoms with E-state index in [2.05, 4.69) is 48.5 Å². The van der Waals surface area contributed by atoms with Crippen molar-refractivity contribution in [2.24, 2.45) is 56.7 Å². The molecule has 0 aliphatic heterocycles. The topological polar surface area (TPSA) is 26.3 Å². The van der Waals surface area contributed by atoms with Crippen LogP contribution in [0.2, 0.25) is 0 Å². The molecule has 37 heavy (non-hydrogen) atoms. The lowest BCUT2D eigenvalue weighted by atomic mass is 9.41. The van der Waals surface area contributed by atoms with Gasteiger partial charge in [-0.25, -0.2) is 4.79 Å². The molecule has 5 aliphatic rings. The molecule has 5 aliphatic carbocycles. The van der Waals surface area contributed by atoms with E-state index < -0.39 is 0 Å². The van der Waals surface area contributed by atoms with Gasteiger partial charge < -0.3 is 4.74 Å². The highest BCUT2D eigenvalue weighted by molar-refractivity contribution is 5.87. The average Bonchev–Trinajstić information content (AvgIpc) is 3.42. The highest BCUT2D eigenvalue weighted by Crippen LogP contribution is 2.89. The molecule has 2 heteroatoms. The fourth-order valence-corrected chi connectivity index (χ4v) is 11.9. The van der Waals surface area contributed by atoms with Crippen molar-refractivity contribution < 1.29 is 9.53 Å². The molecular formula is C35H58O2. The number of hydrogen-bond donors (Lipinski definition) is 0. The minimum Gasteiger partial charge on any atom is -0.458 e. The SMILES string of the molecule is CC=C(C)C(=O)OC1CCC23CC24CCC2(C)C(C(C)CCCC(C)C)CCC2(C)C4CCC3C1(C)C. The minimum absolute atomic E-state index is 0.0618. The Morgan fingerprint density at radius 3 is 2.22 bits per heavy atom. The van der Waals surface area contributed by atoms with Gasteiger partial charge >= 0.3 is 5.97 Å². The van der Waals surface area contributed by atoms with Crippen LogP contribution in [0, 0.1) is 56.7 Å². The summed E-state index contributed by atoms with van der Waals surface area (Å²) in [5.74, 6) is 4.13. The van der Waals surface area contributed by atoms with Crippen LogP contribution < -0.4 is 0 Å². The standard InChI is InChI=1S/C35H58O2/c1-10-24(4)30(36)37-29-17-19-34-22-35(34)21-20-32(8)26(25(5)13-11-12-23(2)3)16-18-33(32,9)28(35)15-14-27(34)31(29,6)7/h10,23,25-29H,11-22H2,1-9H3. The quantitative estimate of drug-likeness (QED) is 0.252. The number of esters is 1. The Hall–Kier alpha value is -0.790. The Morgan fingerprint density at radius 2 is 1.54 bits per heavy atom. The summed E-state index contributed by atoms with van der Waals surface area (Å²) in [5.41, 5.74) is 2.93. The summed E-state index contributed by atoms with van der Waals surface area (Å²) in [6.07, 6.45) is 18.6. The number of carbonyl (C=O) groups excluding carboxylic acids is 1. The second-order valence-electron chi connectivity index (χ2n) is 16.2. The van der Waals surface area contributed by atoms with Gasteiger partial charge in [0.15, 0.2) is 0 Å². The van der Waals surface area contributed by atoms with Crippen molar-refractivity contribution in [2.75, 3.05) is 0 Å². The van der Waals surface area contributed by atoms with Crippen LogP contribution in [0.1, 0.15) is 139 Å². The zero-order valence-corrected chi connectivity index (χ0v) is 25.8. The molecule has 0 amide bonds. The number of hydrogen-bond acceptors (Lipinski definition) is 2. The number of allylic oxidation sites excluding steroid dienone is 1. The van der Waals surface area contributed by atoms with E-state index in [4.69, 9.17) is 4.74 Å². The van der Waals surface area contributed by atoms with E-state index in [1.165, 1.54) is 70.6 Å². The van der Waals surface area contributed by atoms with Crippen LogP contribution in [0.5, 0.6) is 0 Å². The van der Waals surface area contributed by atoms with Crippen molar-refractivity contribution in [1.29, 1.82) is 0 Å². The second-order valence-corrected chi connectivity index (χ2v) is 16.2. The van der Waals surface area contributed by atoms with E-state index in [9.17, 15) is 4.79 Å². The van der Waals surface area contributed by atoms with E-state index in [0.717, 1.165) is 35.7 Å². The Morgan fingerprint density at radius 1 is 0.865 bits per heavy atom. The van der Waals surface area contributed by atoms with Gasteiger partial charge in [-0.15, -0.1) is 0 Å². The number of fused-ring (bicyclic) bond motifs is 2. The van der Waals surface area contributed by atoms with Crippen LogP contribution in [0.4, 0.5) is 0 Å². The lowest BCUT2D eigenvalue weighted by molar-refractivity contribution is -0.180. The van der Waals surface area contributed by atoms with Crippen LogP contribution in [0.3, 0.4) is 0 Å². The van der Waals surface area contributed by atoms with Gasteiger partial charge in [0.05, 0.1) is 0 Å². The predicted molar refractivity (Wildman–Crippen MR) is 154 cm³/mol. The molecule has 0 aromatic rings. The zero-order valence-electron chi connectivity index (χ0n) is 25.8. The van der Waals surface area contributed by atoms with Gasteiger partial charge in [-0.2, -0.15) is 0 Å². The summed E-state index contributed by atoms with van der Waals surface area (Å²) in [5, 5.41) is 0. The third-order valence-electron chi connectivity index (χ3n) is 14.2. The van der Waals surface area contributed by atoms with Gasteiger partial charge in [0.25, 0.3) is 0 Å². The molecule has 9 atom stereocenters. The van der Waals surface area contributed by atoms with E-state index in [0.29, 0.717) is 27.6 Å². The first-order chi connectivity index (χ1) is 17.3. The van der Waals surface area contributed by atoms with E-state index in [-0.39, 0.29) is 17.5 Å². The third-order valence-corrected chi connectivity index (χ3v) is 14.2. The fourth-order valence-electron chi connectivity index (χ4n) is 11.9. The first-order valence-electron chi connectivity index (χ1n) is 16.1. The van der Waals surface area contributed by atoms with Crippen LogP contribution in [-0.2, 0) is 9.53 Å². The molecule has 0 heterocycles. The molecule has 2 spiro atoms. The van der Waals surface area contributed by atoms with Crippen molar-refractivity contribution in [3.8, 4) is 0 Å². The molecule has 0 radical (unpaired) electrons. The van der Waals surface area contributed by atoms with Gasteiger partial charge in [0.2, 0.25) is 0 Å². The Bertz CT molecular complexity index is 930. The fraction of sp³-hybridized carbons (Fsp3) is 0.914. The number of carbonyl (C=O) groups is 1. The minimum atomic E-state index is -0.101. The maximum absolute atomic E-state index is 12.7. The molecule has 210 valence electrons. The highest BCUT2D eigenvalue weighted by atomic mass is 16.5. The number of rotatable bonds is 7. The average molecular weight is 511 g/mol. The van der Waals surface area contributed by atoms with Gasteiger partial charge in [-0.1, -0.05) is 73.8 Å². The molecule has 2 nitrogen and oxygen atoms in total. The summed E-state index contributed by atoms with van der Waals surface area (Å²) in [6.45, 7) is 21.5. The number of ether oxygens (including phenoxy) is 1. The molecule has 5 fully saturated rings. The predicted octanol–water partition coefficient (Wildman–Crippen LogP) is 9.77. The second kappa shape index (κ2) is 9.12. The van der Waals surface area contributed by atoms with Crippen molar-refractivity contribution in [1.82, 2.24) is 0 Å². The van der Waals surface area contributed by atoms with Gasteiger partial charge in [0, 0.05) is 11.0 Å². The molecule has 0 bridgehead atoms. The normalized spacial score (nSPS) is 46.9. The first-order valence-corrected chi connectivity index (χ1v) is 16.1. The van der Waals surface area contributed by atoms with Crippen molar-refractivity contribution in [2.45, 2.75) is 145 Å². The molecule has 5 rings (SSSR count). The molecule has 9 unspecified atom stereocenters. The van der Waals surface area contributed by atoms with E-state index in [1.54, 1.807) is 0 Å². The zero-order chi connectivity index (χ0) is 27.0. The smallest absolute Gasteiger partial charge is 0.333 e. The third kappa shape index (κ3) is 3.79. The van der Waals surface area contributed by atoms with Crippen LogP contribution in [-0.4, -0.2) is 12.1 Å². The van der Waals surface area contributed by atoms with Gasteiger partial charge in [-0.3, -0.25) is 0 Å². The lowest BCUT2D eigenvalue weighted by Crippen LogP contribution is -2.58. The Balaban J connectivity index is 1.35. The molecular weight excluding hydrogens is 452 g/mol. The Labute approximate surface area is 229 Å². The van der Waals surface area contributed by atoms with Gasteiger partial charge in [-0.05, 0) is 123 Å². The molecule has 0 N–H and O–H groups in total. The summed E-state index contributed by atoms with van der Waals surface area (Å²) in [6, 6.07) is 0. The summed E-state index contributed by atoms with van der Waals surface area (Å²) in [7, 11) is 0. The van der Waals surface area contributed by atoms with Crippen LogP contribution >= 0.6 is 0 Å². The van der Waals surface area contributed by atoms with Crippen LogP contribution in [0.15, 0.2) is 11.6 Å². The Kier molecular flexibility index (Phi) is 6.85. The monoisotopic (exact) mass is 510 g/mol. The lowest BCUT2D eigenvalue weighted by Gasteiger charge is -2.63. The maximum atomic E-state index is 12.7. The molecule has 0 aromatic carbocycles. The van der Waals surface area contributed by atoms with Crippen molar-refractivity contribution in [3.05, 3.63) is 11.6 Å². The van der Waals surface area contributed by atoms with Crippen LogP contribution in [0.25, 0.3) is 0 Å². The van der Waals surface area contributed by atoms with Crippen molar-refractivity contribution in [3.63, 3.8) is 0 Å². The molecule has 0 aromatic heterocycles. The summed E-state index contributed by atoms with van der Waals surface area (Å²) < 4.78 is 6.19. The molecule has 0 saturated heterocycles. The van der Waals surface area contributed by atoms with Crippen molar-refractivity contribution >= 4 is 5.97 Å². The summed E-state index contributed by atoms with van der Waals surface area (Å²) in [4.78, 5) is 12.7. The maximum Gasteiger partial charge on any atom is 0.333 e. The summed E-state index contributed by atoms with van der Waals surface area (Å²) >= 11 is 0. The first kappa shape index (κ1) is 27.8. The highest BCUT2D eigenvalue weighted by Gasteiger charge is 2.82.